The summed E-state index contributed by atoms with van der Waals surface area (Å²) in [6.45, 7) is 5.63. The minimum absolute atomic E-state index is 0.0711. The van der Waals surface area contributed by atoms with Gasteiger partial charge in [-0.25, -0.2) is 15.0 Å². The van der Waals surface area contributed by atoms with Gasteiger partial charge in [-0.15, -0.1) is 0 Å². The maximum absolute atomic E-state index is 12.1. The van der Waals surface area contributed by atoms with Crippen molar-refractivity contribution < 1.29 is 4.79 Å². The predicted molar refractivity (Wildman–Crippen MR) is 135 cm³/mol. The maximum atomic E-state index is 12.1. The summed E-state index contributed by atoms with van der Waals surface area (Å²) in [5.41, 5.74) is 6.68. The first-order chi connectivity index (χ1) is 17.5. The monoisotopic (exact) mass is 478 g/mol. The molecule has 0 aromatic carbocycles. The van der Waals surface area contributed by atoms with Crippen molar-refractivity contribution in [2.45, 2.75) is 20.8 Å². The molecule has 11 heteroatoms. The van der Waals surface area contributed by atoms with Crippen molar-refractivity contribution in [2.75, 3.05) is 5.32 Å². The van der Waals surface area contributed by atoms with Gasteiger partial charge in [-0.1, -0.05) is 13.8 Å². The van der Waals surface area contributed by atoms with Gasteiger partial charge in [0.1, 0.15) is 11.2 Å². The molecule has 0 saturated heterocycles. The second-order valence-electron chi connectivity index (χ2n) is 8.83. The third-order valence-corrected chi connectivity index (χ3v) is 5.86. The fourth-order valence-corrected chi connectivity index (χ4v) is 3.97. The number of hydrogen-bond acceptors (Lipinski definition) is 7. The van der Waals surface area contributed by atoms with Crippen molar-refractivity contribution in [2.24, 2.45) is 5.92 Å². The van der Waals surface area contributed by atoms with Crippen molar-refractivity contribution in [1.29, 1.82) is 0 Å². The molecule has 6 heterocycles. The summed E-state index contributed by atoms with van der Waals surface area (Å²) in [6.07, 6.45) is 10.5. The van der Waals surface area contributed by atoms with E-state index >= 15 is 0 Å². The minimum Gasteiger partial charge on any atom is -0.333 e. The molecule has 0 bridgehead atoms. The highest BCUT2D eigenvalue weighted by atomic mass is 16.1. The van der Waals surface area contributed by atoms with E-state index in [4.69, 9.17) is 4.98 Å². The number of aromatic nitrogens is 9. The Kier molecular flexibility index (Phi) is 5.03. The van der Waals surface area contributed by atoms with Crippen LogP contribution in [0.2, 0.25) is 0 Å². The average Bonchev–Trinajstić information content (AvgIpc) is 3.61. The van der Waals surface area contributed by atoms with Gasteiger partial charge in [-0.2, -0.15) is 5.10 Å². The number of imidazole rings is 2. The number of H-pyrrole nitrogens is 2. The molecule has 36 heavy (non-hydrogen) atoms. The molecule has 0 unspecified atom stereocenters. The second-order valence-corrected chi connectivity index (χ2v) is 8.83. The lowest BCUT2D eigenvalue weighted by molar-refractivity contribution is -0.118. The topological polar surface area (TPSA) is 143 Å². The third-order valence-electron chi connectivity index (χ3n) is 5.86. The van der Waals surface area contributed by atoms with Crippen LogP contribution in [0.15, 0.2) is 55.5 Å². The summed E-state index contributed by atoms with van der Waals surface area (Å²) < 4.78 is 1.93. The zero-order chi connectivity index (χ0) is 24.8. The molecule has 6 rings (SSSR count). The van der Waals surface area contributed by atoms with E-state index in [-0.39, 0.29) is 11.8 Å². The van der Waals surface area contributed by atoms with Crippen molar-refractivity contribution in [3.8, 4) is 28.5 Å². The molecule has 1 amide bonds. The Balaban J connectivity index is 1.41. The number of carbonyl (C=O) groups excluding carboxylic acids is 1. The lowest BCUT2D eigenvalue weighted by Crippen LogP contribution is -2.17. The molecular formula is C25H22N10O. The lowest BCUT2D eigenvalue weighted by Gasteiger charge is -2.08. The zero-order valence-electron chi connectivity index (χ0n) is 19.8. The van der Waals surface area contributed by atoms with Crippen LogP contribution in [0.25, 0.3) is 50.5 Å². The Labute approximate surface area is 205 Å². The van der Waals surface area contributed by atoms with Crippen LogP contribution >= 0.6 is 0 Å². The largest absolute Gasteiger partial charge is 0.333 e. The van der Waals surface area contributed by atoms with Crippen molar-refractivity contribution >= 4 is 33.7 Å². The molecule has 0 atom stereocenters. The molecule has 0 radical (unpaired) electrons. The van der Waals surface area contributed by atoms with Crippen LogP contribution in [0, 0.1) is 12.8 Å². The van der Waals surface area contributed by atoms with Gasteiger partial charge in [0.05, 0.1) is 47.0 Å². The maximum Gasteiger partial charge on any atom is 0.226 e. The number of carbonyl (C=O) groups is 1. The number of aromatic amines is 2. The molecule has 3 N–H and O–H groups in total. The predicted octanol–water partition coefficient (Wildman–Crippen LogP) is 4.05. The van der Waals surface area contributed by atoms with Crippen LogP contribution in [0.1, 0.15) is 19.5 Å². The normalized spacial score (nSPS) is 11.6. The number of nitrogens with zero attached hydrogens (tertiary/aromatic N) is 7. The van der Waals surface area contributed by atoms with Crippen molar-refractivity contribution in [3.63, 3.8) is 0 Å². The lowest BCUT2D eigenvalue weighted by atomic mass is 10.1. The Bertz CT molecular complexity index is 1740. The summed E-state index contributed by atoms with van der Waals surface area (Å²) in [6, 6.07) is 5.69. The Morgan fingerprint density at radius 3 is 2.81 bits per heavy atom. The molecule has 0 aliphatic rings. The van der Waals surface area contributed by atoms with Gasteiger partial charge in [0.15, 0.2) is 11.5 Å². The molecule has 11 nitrogen and oxygen atoms in total. The standard InChI is InChI=1S/C25H22N10O/c1-13(2)25(36)30-16-6-15(8-26-9-16)18-7-17-19(10-28-18)33-34-21(17)24-31-22-20(4-5-27-23(22)32-24)35-11-14(3)29-12-35/h4-13H,1-3H3,(H,30,36)(H,33,34)(H,27,31,32). The molecule has 0 saturated carbocycles. The Morgan fingerprint density at radius 2 is 2.00 bits per heavy atom. The van der Waals surface area contributed by atoms with Crippen LogP contribution in [0.4, 0.5) is 5.69 Å². The molecule has 178 valence electrons. The van der Waals surface area contributed by atoms with E-state index in [1.54, 1.807) is 31.1 Å². The number of amides is 1. The highest BCUT2D eigenvalue weighted by Crippen LogP contribution is 2.30. The molecule has 0 aliphatic heterocycles. The van der Waals surface area contributed by atoms with Crippen LogP contribution < -0.4 is 5.32 Å². The second kappa shape index (κ2) is 8.38. The average molecular weight is 479 g/mol. The fraction of sp³-hybridized carbons (Fsp3) is 0.160. The quantitative estimate of drug-likeness (QED) is 0.339. The van der Waals surface area contributed by atoms with Crippen LogP contribution in [-0.4, -0.2) is 50.6 Å². The van der Waals surface area contributed by atoms with Gasteiger partial charge in [0, 0.05) is 35.5 Å². The zero-order valence-corrected chi connectivity index (χ0v) is 19.8. The molecule has 0 aliphatic carbocycles. The number of aryl methyl sites for hydroxylation is 1. The molecular weight excluding hydrogens is 456 g/mol. The number of nitrogens with one attached hydrogen (secondary N) is 3. The number of rotatable bonds is 5. The van der Waals surface area contributed by atoms with E-state index in [1.807, 2.05) is 49.7 Å². The summed E-state index contributed by atoms with van der Waals surface area (Å²) in [5, 5.41) is 11.3. The highest BCUT2D eigenvalue weighted by molar-refractivity contribution is 5.96. The number of fused-ring (bicyclic) bond motifs is 2. The number of pyridine rings is 3. The van der Waals surface area contributed by atoms with Crippen LogP contribution in [0.3, 0.4) is 0 Å². The van der Waals surface area contributed by atoms with Crippen LogP contribution in [-0.2, 0) is 4.79 Å². The number of anilines is 1. The first kappa shape index (κ1) is 21.6. The first-order valence-corrected chi connectivity index (χ1v) is 11.4. The summed E-state index contributed by atoms with van der Waals surface area (Å²) in [5.74, 6) is 0.382. The first-order valence-electron chi connectivity index (χ1n) is 11.4. The van der Waals surface area contributed by atoms with E-state index in [0.717, 1.165) is 33.4 Å². The summed E-state index contributed by atoms with van der Waals surface area (Å²) in [4.78, 5) is 37.8. The molecule has 0 spiro atoms. The van der Waals surface area contributed by atoms with Crippen molar-refractivity contribution in [3.05, 3.63) is 61.2 Å². The summed E-state index contributed by atoms with van der Waals surface area (Å²) >= 11 is 0. The van der Waals surface area contributed by atoms with Gasteiger partial charge in [-0.3, -0.25) is 19.9 Å². The van der Waals surface area contributed by atoms with E-state index < -0.39 is 0 Å². The van der Waals surface area contributed by atoms with Gasteiger partial charge in [-0.05, 0) is 25.1 Å². The van der Waals surface area contributed by atoms with E-state index in [2.05, 4.69) is 40.4 Å². The SMILES string of the molecule is Cc1cn(-c2ccnc3nc(-c4n[nH]c5cnc(-c6cncc(NC(=O)C(C)C)c6)cc45)[nH]c23)cn1. The fourth-order valence-electron chi connectivity index (χ4n) is 3.97. The van der Waals surface area contributed by atoms with Crippen LogP contribution in [0.5, 0.6) is 0 Å². The Morgan fingerprint density at radius 1 is 1.11 bits per heavy atom. The third kappa shape index (κ3) is 3.76. The Hall–Kier alpha value is -4.93. The highest BCUT2D eigenvalue weighted by Gasteiger charge is 2.17. The molecule has 6 aromatic heterocycles. The van der Waals surface area contributed by atoms with E-state index in [1.165, 1.54) is 0 Å². The van der Waals surface area contributed by atoms with Gasteiger partial charge in [0.2, 0.25) is 5.91 Å². The van der Waals surface area contributed by atoms with E-state index in [9.17, 15) is 4.79 Å². The molecule has 0 fully saturated rings. The minimum atomic E-state index is -0.131. The van der Waals surface area contributed by atoms with Crippen molar-refractivity contribution in [1.82, 2.24) is 44.7 Å². The van der Waals surface area contributed by atoms with E-state index in [0.29, 0.717) is 28.5 Å². The smallest absolute Gasteiger partial charge is 0.226 e. The molecule has 6 aromatic rings. The van der Waals surface area contributed by atoms with Gasteiger partial charge >= 0.3 is 0 Å². The van der Waals surface area contributed by atoms with Gasteiger partial charge < -0.3 is 14.9 Å². The van der Waals surface area contributed by atoms with Gasteiger partial charge in [0.25, 0.3) is 0 Å². The summed E-state index contributed by atoms with van der Waals surface area (Å²) in [7, 11) is 0. The number of hydrogen-bond donors (Lipinski definition) is 3.